The van der Waals surface area contributed by atoms with Gasteiger partial charge in [0.1, 0.15) is 0 Å². The van der Waals surface area contributed by atoms with E-state index >= 15 is 0 Å². The van der Waals surface area contributed by atoms with Crippen LogP contribution < -0.4 is 0 Å². The highest BCUT2D eigenvalue weighted by molar-refractivity contribution is 5.94. The van der Waals surface area contributed by atoms with Gasteiger partial charge in [0.05, 0.1) is 13.2 Å². The summed E-state index contributed by atoms with van der Waals surface area (Å²) in [6.07, 6.45) is 4.37. The second-order valence-electron chi connectivity index (χ2n) is 7.44. The number of pyridine rings is 1. The van der Waals surface area contributed by atoms with Crippen molar-refractivity contribution in [2.45, 2.75) is 25.3 Å². The first kappa shape index (κ1) is 19.2. The molecule has 26 heavy (non-hydrogen) atoms. The van der Waals surface area contributed by atoms with E-state index in [0.29, 0.717) is 31.3 Å². The largest absolute Gasteiger partial charge is 0.383 e. The topological polar surface area (TPSA) is 54.9 Å². The first-order valence-electron chi connectivity index (χ1n) is 9.20. The highest BCUT2D eigenvalue weighted by Crippen LogP contribution is 2.43. The number of methoxy groups -OCH3 is 2. The molecule has 0 N–H and O–H groups in total. The molecule has 2 aliphatic rings. The van der Waals surface area contributed by atoms with Crippen LogP contribution in [0.25, 0.3) is 0 Å². The lowest BCUT2D eigenvalue weighted by Gasteiger charge is -2.39. The van der Waals surface area contributed by atoms with Gasteiger partial charge in [-0.15, -0.1) is 0 Å². The molecule has 1 spiro atoms. The Morgan fingerprint density at radius 3 is 2.77 bits per heavy atom. The van der Waals surface area contributed by atoms with E-state index in [0.717, 1.165) is 39.0 Å². The lowest BCUT2D eigenvalue weighted by Crippen LogP contribution is -2.44. The molecule has 1 aromatic heterocycles. The van der Waals surface area contributed by atoms with Crippen LogP contribution in [0.4, 0.5) is 4.39 Å². The quantitative estimate of drug-likeness (QED) is 0.720. The Kier molecular flexibility index (Phi) is 6.21. The van der Waals surface area contributed by atoms with Crippen molar-refractivity contribution in [2.24, 2.45) is 5.41 Å². The van der Waals surface area contributed by atoms with Gasteiger partial charge in [-0.25, -0.2) is 4.98 Å². The number of carbonyl (C=O) groups is 1. The Labute approximate surface area is 154 Å². The fourth-order valence-electron chi connectivity index (χ4n) is 4.34. The van der Waals surface area contributed by atoms with Crippen LogP contribution in [-0.2, 0) is 9.47 Å². The zero-order valence-corrected chi connectivity index (χ0v) is 15.6. The molecule has 144 valence electrons. The standard InChI is InChI=1S/C19H28FN3O3/c1-25-10-9-23-14-19(12-16(23)13-26-2)4-7-22(8-5-19)18(24)15-3-6-21-17(20)11-15/h3,6,11,16H,4-5,7-10,12-14H2,1-2H3/t16-/m0/s1. The van der Waals surface area contributed by atoms with Crippen molar-refractivity contribution in [3.8, 4) is 0 Å². The summed E-state index contributed by atoms with van der Waals surface area (Å²) >= 11 is 0. The number of halogens is 1. The van der Waals surface area contributed by atoms with Crippen LogP contribution in [-0.4, -0.2) is 80.3 Å². The molecule has 0 bridgehead atoms. The van der Waals surface area contributed by atoms with Gasteiger partial charge in [-0.2, -0.15) is 4.39 Å². The Hall–Kier alpha value is -1.57. The average molecular weight is 365 g/mol. The third-order valence-electron chi connectivity index (χ3n) is 5.75. The number of amides is 1. The van der Waals surface area contributed by atoms with Crippen LogP contribution >= 0.6 is 0 Å². The highest BCUT2D eigenvalue weighted by Gasteiger charge is 2.45. The van der Waals surface area contributed by atoms with E-state index in [2.05, 4.69) is 9.88 Å². The third kappa shape index (κ3) is 4.22. The molecule has 7 heteroatoms. The number of likely N-dealkylation sites (tertiary alicyclic amines) is 2. The van der Waals surface area contributed by atoms with Crippen molar-refractivity contribution < 1.29 is 18.7 Å². The summed E-state index contributed by atoms with van der Waals surface area (Å²) in [7, 11) is 3.47. The van der Waals surface area contributed by atoms with Crippen molar-refractivity contribution in [1.29, 1.82) is 0 Å². The molecule has 2 saturated heterocycles. The van der Waals surface area contributed by atoms with Crippen molar-refractivity contribution >= 4 is 5.91 Å². The average Bonchev–Trinajstić information content (AvgIpc) is 2.97. The molecule has 1 aromatic rings. The van der Waals surface area contributed by atoms with E-state index in [1.165, 1.54) is 12.3 Å². The maximum atomic E-state index is 13.3. The van der Waals surface area contributed by atoms with Crippen LogP contribution in [0.2, 0.25) is 0 Å². The lowest BCUT2D eigenvalue weighted by atomic mass is 9.76. The molecule has 2 aliphatic heterocycles. The second kappa shape index (κ2) is 8.41. The molecule has 3 rings (SSSR count). The van der Waals surface area contributed by atoms with Gasteiger partial charge in [0, 0.05) is 64.3 Å². The van der Waals surface area contributed by atoms with Gasteiger partial charge in [0.2, 0.25) is 5.95 Å². The molecule has 3 heterocycles. The number of hydrogen-bond donors (Lipinski definition) is 0. The third-order valence-corrected chi connectivity index (χ3v) is 5.75. The molecule has 0 aromatic carbocycles. The van der Waals surface area contributed by atoms with E-state index in [4.69, 9.17) is 9.47 Å². The van der Waals surface area contributed by atoms with Gasteiger partial charge >= 0.3 is 0 Å². The van der Waals surface area contributed by atoms with Crippen LogP contribution in [0.5, 0.6) is 0 Å². The zero-order chi connectivity index (χ0) is 18.6. The first-order chi connectivity index (χ1) is 12.6. The Bertz CT molecular complexity index is 620. The predicted octanol–water partition coefficient (Wildman–Crippen LogP) is 1.81. The van der Waals surface area contributed by atoms with Gasteiger partial charge in [0.15, 0.2) is 0 Å². The predicted molar refractivity (Wildman–Crippen MR) is 95.5 cm³/mol. The van der Waals surface area contributed by atoms with Crippen LogP contribution in [0.1, 0.15) is 29.6 Å². The smallest absolute Gasteiger partial charge is 0.254 e. The molecular weight excluding hydrogens is 337 g/mol. The molecular formula is C19H28FN3O3. The Balaban J connectivity index is 1.61. The SMILES string of the molecule is COCCN1CC2(CCN(C(=O)c3ccnc(F)c3)CC2)C[C@H]1COC. The molecule has 0 radical (unpaired) electrons. The maximum absolute atomic E-state index is 13.3. The molecule has 1 atom stereocenters. The monoisotopic (exact) mass is 365 g/mol. The molecule has 1 amide bonds. The van der Waals surface area contributed by atoms with Gasteiger partial charge in [-0.3, -0.25) is 9.69 Å². The summed E-state index contributed by atoms with van der Waals surface area (Å²) in [5.74, 6) is -0.722. The number of piperidine rings is 1. The summed E-state index contributed by atoms with van der Waals surface area (Å²) < 4.78 is 23.9. The number of aromatic nitrogens is 1. The summed E-state index contributed by atoms with van der Waals surface area (Å²) in [6.45, 7) is 4.79. The van der Waals surface area contributed by atoms with Crippen molar-refractivity contribution in [1.82, 2.24) is 14.8 Å². The van der Waals surface area contributed by atoms with Gasteiger partial charge in [-0.1, -0.05) is 0 Å². The number of hydrogen-bond acceptors (Lipinski definition) is 5. The van der Waals surface area contributed by atoms with Gasteiger partial charge in [-0.05, 0) is 30.7 Å². The van der Waals surface area contributed by atoms with E-state index < -0.39 is 5.95 Å². The van der Waals surface area contributed by atoms with E-state index in [1.807, 2.05) is 4.90 Å². The van der Waals surface area contributed by atoms with Crippen molar-refractivity contribution in [2.75, 3.05) is 53.6 Å². The second-order valence-corrected chi connectivity index (χ2v) is 7.44. The van der Waals surface area contributed by atoms with E-state index in [-0.39, 0.29) is 11.3 Å². The molecule has 0 saturated carbocycles. The number of carbonyl (C=O) groups excluding carboxylic acids is 1. The fraction of sp³-hybridized carbons (Fsp3) is 0.684. The molecule has 2 fully saturated rings. The Morgan fingerprint density at radius 1 is 1.35 bits per heavy atom. The summed E-state index contributed by atoms with van der Waals surface area (Å²) in [6, 6.07) is 3.20. The number of nitrogens with zero attached hydrogens (tertiary/aromatic N) is 3. The minimum Gasteiger partial charge on any atom is -0.383 e. The number of ether oxygens (including phenoxy) is 2. The molecule has 0 aliphatic carbocycles. The molecule has 0 unspecified atom stereocenters. The minimum atomic E-state index is -0.615. The van der Waals surface area contributed by atoms with Crippen LogP contribution in [0.15, 0.2) is 18.3 Å². The van der Waals surface area contributed by atoms with Crippen LogP contribution in [0.3, 0.4) is 0 Å². The van der Waals surface area contributed by atoms with Crippen LogP contribution in [0, 0.1) is 11.4 Å². The van der Waals surface area contributed by atoms with Gasteiger partial charge in [0.25, 0.3) is 5.91 Å². The summed E-state index contributed by atoms with van der Waals surface area (Å²) in [4.78, 5) is 20.4. The van der Waals surface area contributed by atoms with Crippen molar-refractivity contribution in [3.05, 3.63) is 29.8 Å². The lowest BCUT2D eigenvalue weighted by molar-refractivity contribution is 0.0581. The van der Waals surface area contributed by atoms with Gasteiger partial charge < -0.3 is 14.4 Å². The Morgan fingerprint density at radius 2 is 2.12 bits per heavy atom. The zero-order valence-electron chi connectivity index (χ0n) is 15.6. The minimum absolute atomic E-state index is 0.108. The first-order valence-corrected chi connectivity index (χ1v) is 9.20. The summed E-state index contributed by atoms with van der Waals surface area (Å²) in [5, 5.41) is 0. The summed E-state index contributed by atoms with van der Waals surface area (Å²) in [5.41, 5.74) is 0.607. The van der Waals surface area contributed by atoms with E-state index in [9.17, 15) is 9.18 Å². The maximum Gasteiger partial charge on any atom is 0.254 e. The molecule has 6 nitrogen and oxygen atoms in total. The fourth-order valence-corrected chi connectivity index (χ4v) is 4.34. The van der Waals surface area contributed by atoms with E-state index in [1.54, 1.807) is 20.3 Å². The number of rotatable bonds is 6. The van der Waals surface area contributed by atoms with Crippen molar-refractivity contribution in [3.63, 3.8) is 0 Å². The normalized spacial score (nSPS) is 22.9. The highest BCUT2D eigenvalue weighted by atomic mass is 19.1.